The second-order valence-electron chi connectivity index (χ2n) is 7.99. The number of aryl methyl sites for hydroxylation is 1. The van der Waals surface area contributed by atoms with Gasteiger partial charge < -0.3 is 15.1 Å². The fraction of sp³-hybridized carbons (Fsp3) is 0.333. The Kier molecular flexibility index (Phi) is 6.60. The predicted octanol–water partition coefficient (Wildman–Crippen LogP) is 3.48. The minimum atomic E-state index is -0.903. The highest BCUT2D eigenvalue weighted by Crippen LogP contribution is 2.34. The lowest BCUT2D eigenvalue weighted by Gasteiger charge is -2.32. The molecule has 1 aromatic carbocycles. The highest BCUT2D eigenvalue weighted by atomic mass is 19.1. The van der Waals surface area contributed by atoms with Gasteiger partial charge in [-0.05, 0) is 37.7 Å². The number of anilines is 1. The average Bonchev–Trinajstić information content (AvgIpc) is 2.83. The predicted molar refractivity (Wildman–Crippen MR) is 123 cm³/mol. The summed E-state index contributed by atoms with van der Waals surface area (Å²) < 4.78 is 30.3. The maximum Gasteiger partial charge on any atom is 0.259 e. The van der Waals surface area contributed by atoms with Crippen molar-refractivity contribution in [3.8, 4) is 22.4 Å². The molecule has 3 aromatic rings. The summed E-state index contributed by atoms with van der Waals surface area (Å²) in [5.74, 6) is -1.74. The third-order valence-corrected chi connectivity index (χ3v) is 5.89. The van der Waals surface area contributed by atoms with Gasteiger partial charge in [0.1, 0.15) is 29.3 Å². The van der Waals surface area contributed by atoms with Gasteiger partial charge in [0, 0.05) is 56.1 Å². The SMILES string of the molecule is CCc1ncnc(-c2cc(F)c(C(=O)N3CCN(C)CC3)c(F)c2)c1-c1ccc(NC)nc1. The third kappa shape index (κ3) is 4.54. The number of benzene rings is 1. The Bertz CT molecular complexity index is 1140. The number of nitrogens with one attached hydrogen (secondary N) is 1. The van der Waals surface area contributed by atoms with Crippen LogP contribution in [0.5, 0.6) is 0 Å². The first-order valence-electron chi connectivity index (χ1n) is 10.9. The molecule has 1 saturated heterocycles. The minimum absolute atomic E-state index is 0.240. The molecule has 0 radical (unpaired) electrons. The van der Waals surface area contributed by atoms with Crippen molar-refractivity contribution in [1.82, 2.24) is 24.8 Å². The van der Waals surface area contributed by atoms with Crippen molar-refractivity contribution in [3.05, 3.63) is 59.7 Å². The number of aromatic nitrogens is 3. The van der Waals surface area contributed by atoms with Crippen molar-refractivity contribution in [2.45, 2.75) is 13.3 Å². The van der Waals surface area contributed by atoms with Crippen LogP contribution in [0, 0.1) is 11.6 Å². The highest BCUT2D eigenvalue weighted by molar-refractivity contribution is 5.96. The van der Waals surface area contributed by atoms with E-state index in [1.54, 1.807) is 13.2 Å². The van der Waals surface area contributed by atoms with Crippen LogP contribution in [0.4, 0.5) is 14.6 Å². The smallest absolute Gasteiger partial charge is 0.259 e. The standard InChI is InChI=1S/C24H26F2N6O/c1-4-19-21(15-5-6-20(27-2)28-13-15)23(30-14-29-19)16-11-17(25)22(18(26)12-16)24(33)32-9-7-31(3)8-10-32/h5-6,11-14H,4,7-10H2,1-3H3,(H,27,28). The lowest BCUT2D eigenvalue weighted by Crippen LogP contribution is -2.47. The fourth-order valence-electron chi connectivity index (χ4n) is 3.98. The van der Waals surface area contributed by atoms with Crippen molar-refractivity contribution in [1.29, 1.82) is 0 Å². The normalized spacial score (nSPS) is 14.4. The van der Waals surface area contributed by atoms with Crippen LogP contribution in [0.3, 0.4) is 0 Å². The maximum absolute atomic E-state index is 15.1. The molecule has 7 nitrogen and oxygen atoms in total. The molecule has 2 aromatic heterocycles. The highest BCUT2D eigenvalue weighted by Gasteiger charge is 2.27. The summed E-state index contributed by atoms with van der Waals surface area (Å²) in [7, 11) is 3.72. The van der Waals surface area contributed by atoms with Gasteiger partial charge in [0.2, 0.25) is 0 Å². The molecule has 1 aliphatic rings. The maximum atomic E-state index is 15.1. The lowest BCUT2D eigenvalue weighted by atomic mass is 9.96. The van der Waals surface area contributed by atoms with E-state index in [-0.39, 0.29) is 5.56 Å². The van der Waals surface area contributed by atoms with Crippen molar-refractivity contribution in [2.75, 3.05) is 45.6 Å². The molecule has 3 heterocycles. The van der Waals surface area contributed by atoms with Gasteiger partial charge in [0.15, 0.2) is 0 Å². The summed E-state index contributed by atoms with van der Waals surface area (Å²) in [4.78, 5) is 29.4. The largest absolute Gasteiger partial charge is 0.373 e. The van der Waals surface area contributed by atoms with Gasteiger partial charge in [-0.25, -0.2) is 23.7 Å². The molecule has 0 unspecified atom stereocenters. The first kappa shape index (κ1) is 22.7. The Morgan fingerprint density at radius 1 is 1.03 bits per heavy atom. The van der Waals surface area contributed by atoms with Gasteiger partial charge in [0.25, 0.3) is 5.91 Å². The second-order valence-corrected chi connectivity index (χ2v) is 7.99. The van der Waals surface area contributed by atoms with Gasteiger partial charge in [0.05, 0.1) is 11.4 Å². The van der Waals surface area contributed by atoms with Crippen molar-refractivity contribution in [3.63, 3.8) is 0 Å². The van der Waals surface area contributed by atoms with Crippen molar-refractivity contribution < 1.29 is 13.6 Å². The number of carbonyl (C=O) groups is 1. The first-order valence-corrected chi connectivity index (χ1v) is 10.9. The Labute approximate surface area is 191 Å². The molecule has 1 aliphatic heterocycles. The first-order chi connectivity index (χ1) is 15.9. The van der Waals surface area contributed by atoms with Gasteiger partial charge in [-0.1, -0.05) is 6.92 Å². The molecule has 33 heavy (non-hydrogen) atoms. The van der Waals surface area contributed by atoms with Crippen LogP contribution in [-0.4, -0.2) is 70.9 Å². The topological polar surface area (TPSA) is 74.2 Å². The van der Waals surface area contributed by atoms with Gasteiger partial charge in [-0.3, -0.25) is 4.79 Å². The number of likely N-dealkylation sites (N-methyl/N-ethyl adjacent to an activating group) is 1. The van der Waals surface area contributed by atoms with E-state index in [1.165, 1.54) is 23.4 Å². The van der Waals surface area contributed by atoms with E-state index in [4.69, 9.17) is 0 Å². The molecular weight excluding hydrogens is 426 g/mol. The molecule has 0 spiro atoms. The number of carbonyl (C=O) groups excluding carboxylic acids is 1. The van der Waals surface area contributed by atoms with Gasteiger partial charge >= 0.3 is 0 Å². The van der Waals surface area contributed by atoms with E-state index in [0.29, 0.717) is 49.7 Å². The Hall–Kier alpha value is -3.46. The minimum Gasteiger partial charge on any atom is -0.373 e. The number of pyridine rings is 1. The quantitative estimate of drug-likeness (QED) is 0.639. The molecular formula is C24H26F2N6O. The van der Waals surface area contributed by atoms with E-state index >= 15 is 8.78 Å². The molecule has 0 saturated carbocycles. The van der Waals surface area contributed by atoms with Crippen LogP contribution in [-0.2, 0) is 6.42 Å². The summed E-state index contributed by atoms with van der Waals surface area (Å²) in [6, 6.07) is 6.02. The summed E-state index contributed by atoms with van der Waals surface area (Å²) in [6.07, 6.45) is 3.65. The molecule has 0 aliphatic carbocycles. The molecule has 0 bridgehead atoms. The van der Waals surface area contributed by atoms with E-state index in [0.717, 1.165) is 11.3 Å². The van der Waals surface area contributed by atoms with E-state index in [2.05, 4.69) is 25.2 Å². The summed E-state index contributed by atoms with van der Waals surface area (Å²) >= 11 is 0. The number of amides is 1. The van der Waals surface area contributed by atoms with Crippen LogP contribution < -0.4 is 5.32 Å². The summed E-state index contributed by atoms with van der Waals surface area (Å²) in [5.41, 5.74) is 2.22. The molecule has 172 valence electrons. The van der Waals surface area contributed by atoms with E-state index in [1.807, 2.05) is 26.1 Å². The fourth-order valence-corrected chi connectivity index (χ4v) is 3.98. The number of piperazine rings is 1. The Morgan fingerprint density at radius 2 is 1.73 bits per heavy atom. The van der Waals surface area contributed by atoms with Crippen molar-refractivity contribution in [2.24, 2.45) is 0 Å². The second kappa shape index (κ2) is 9.58. The van der Waals surface area contributed by atoms with Crippen LogP contribution >= 0.6 is 0 Å². The number of nitrogens with zero attached hydrogens (tertiary/aromatic N) is 5. The molecule has 0 atom stereocenters. The lowest BCUT2D eigenvalue weighted by molar-refractivity contribution is 0.0654. The zero-order valence-corrected chi connectivity index (χ0v) is 18.9. The molecule has 4 rings (SSSR count). The van der Waals surface area contributed by atoms with Gasteiger partial charge in [-0.2, -0.15) is 0 Å². The third-order valence-electron chi connectivity index (χ3n) is 5.89. The number of rotatable bonds is 5. The van der Waals surface area contributed by atoms with Crippen LogP contribution in [0.15, 0.2) is 36.8 Å². The monoisotopic (exact) mass is 452 g/mol. The Balaban J connectivity index is 1.76. The van der Waals surface area contributed by atoms with Crippen molar-refractivity contribution >= 4 is 11.7 Å². The molecule has 9 heteroatoms. The van der Waals surface area contributed by atoms with E-state index in [9.17, 15) is 4.79 Å². The Morgan fingerprint density at radius 3 is 2.30 bits per heavy atom. The zero-order chi connectivity index (χ0) is 23.5. The summed E-state index contributed by atoms with van der Waals surface area (Å²) in [6.45, 7) is 4.14. The van der Waals surface area contributed by atoms with Gasteiger partial charge in [-0.15, -0.1) is 0 Å². The summed E-state index contributed by atoms with van der Waals surface area (Å²) in [5, 5.41) is 2.96. The number of halogens is 2. The van der Waals surface area contributed by atoms with Crippen LogP contribution in [0.25, 0.3) is 22.4 Å². The van der Waals surface area contributed by atoms with Crippen LogP contribution in [0.1, 0.15) is 23.0 Å². The average molecular weight is 453 g/mol. The van der Waals surface area contributed by atoms with E-state index < -0.39 is 23.1 Å². The molecule has 1 N–H and O–H groups in total. The van der Waals surface area contributed by atoms with Crippen LogP contribution in [0.2, 0.25) is 0 Å². The number of hydrogen-bond donors (Lipinski definition) is 1. The molecule has 1 amide bonds. The number of hydrogen-bond acceptors (Lipinski definition) is 6. The zero-order valence-electron chi connectivity index (χ0n) is 18.9. The molecule has 1 fully saturated rings.